The fraction of sp³-hybridized carbons (Fsp3) is 0.429. The molecule has 4 nitrogen and oxygen atoms in total. The number of hydrogen-bond donors (Lipinski definition) is 1. The maximum Gasteiger partial charge on any atom is 0.306 e. The van der Waals surface area contributed by atoms with Crippen molar-refractivity contribution in [2.45, 2.75) is 19.3 Å². The first-order valence-corrected chi connectivity index (χ1v) is 7.18. The number of nitrogens with zero attached hydrogens (tertiary/aromatic N) is 1. The van der Waals surface area contributed by atoms with E-state index in [2.05, 4.69) is 0 Å². The summed E-state index contributed by atoms with van der Waals surface area (Å²) in [6.07, 6.45) is 1.14. The number of amides is 1. The van der Waals surface area contributed by atoms with Gasteiger partial charge in [-0.1, -0.05) is 29.3 Å². The quantitative estimate of drug-likeness (QED) is 0.933. The second-order valence-corrected chi connectivity index (χ2v) is 5.68. The van der Waals surface area contributed by atoms with Crippen LogP contribution in [0, 0.1) is 5.92 Å². The van der Waals surface area contributed by atoms with Crippen LogP contribution in [0.15, 0.2) is 18.2 Å². The molecule has 0 unspecified atom stereocenters. The maximum absolute atomic E-state index is 12.2. The van der Waals surface area contributed by atoms with Gasteiger partial charge >= 0.3 is 5.97 Å². The van der Waals surface area contributed by atoms with E-state index in [9.17, 15) is 9.59 Å². The number of halogens is 2. The molecule has 0 aromatic heterocycles. The van der Waals surface area contributed by atoms with E-state index in [-0.39, 0.29) is 18.2 Å². The molecule has 2 rings (SSSR count). The first-order valence-electron chi connectivity index (χ1n) is 6.42. The molecular weight excluding hydrogens is 301 g/mol. The van der Waals surface area contributed by atoms with E-state index in [1.54, 1.807) is 23.1 Å². The number of likely N-dealkylation sites (tertiary alicyclic amines) is 1. The summed E-state index contributed by atoms with van der Waals surface area (Å²) in [5.41, 5.74) is 0.626. The van der Waals surface area contributed by atoms with Crippen LogP contribution in [-0.4, -0.2) is 35.0 Å². The smallest absolute Gasteiger partial charge is 0.306 e. The third-order valence-electron chi connectivity index (χ3n) is 3.59. The predicted molar refractivity (Wildman–Crippen MR) is 77.1 cm³/mol. The average Bonchev–Trinajstić information content (AvgIpc) is 2.43. The molecule has 1 fully saturated rings. The molecule has 108 valence electrons. The normalized spacial score (nSPS) is 16.2. The summed E-state index contributed by atoms with van der Waals surface area (Å²) in [6, 6.07) is 5.14. The molecule has 0 aliphatic carbocycles. The lowest BCUT2D eigenvalue weighted by molar-refractivity contribution is -0.145. The Morgan fingerprint density at radius 2 is 1.75 bits per heavy atom. The molecule has 0 radical (unpaired) electrons. The van der Waals surface area contributed by atoms with Gasteiger partial charge in [0.15, 0.2) is 0 Å². The van der Waals surface area contributed by atoms with Gasteiger partial charge in [-0.25, -0.2) is 0 Å². The van der Waals surface area contributed by atoms with E-state index >= 15 is 0 Å². The number of carbonyl (C=O) groups is 2. The minimum atomic E-state index is -0.786. The molecule has 1 amide bonds. The predicted octanol–water partition coefficient (Wildman–Crippen LogP) is 2.86. The molecule has 0 saturated carbocycles. The number of benzene rings is 1. The van der Waals surface area contributed by atoms with E-state index in [1.807, 2.05) is 0 Å². The van der Waals surface area contributed by atoms with Crippen LogP contribution in [0.25, 0.3) is 0 Å². The molecule has 1 aliphatic heterocycles. The van der Waals surface area contributed by atoms with Gasteiger partial charge in [0.05, 0.1) is 12.3 Å². The van der Waals surface area contributed by atoms with Gasteiger partial charge < -0.3 is 10.0 Å². The Balaban J connectivity index is 1.98. The van der Waals surface area contributed by atoms with E-state index in [1.165, 1.54) is 0 Å². The number of carboxylic acids is 1. The van der Waals surface area contributed by atoms with Crippen molar-refractivity contribution >= 4 is 35.1 Å². The van der Waals surface area contributed by atoms with Gasteiger partial charge in [-0.2, -0.15) is 0 Å². The van der Waals surface area contributed by atoms with Crippen LogP contribution in [0.3, 0.4) is 0 Å². The summed E-state index contributed by atoms with van der Waals surface area (Å²) >= 11 is 12.1. The number of piperidine rings is 1. The summed E-state index contributed by atoms with van der Waals surface area (Å²) in [4.78, 5) is 24.8. The van der Waals surface area contributed by atoms with Crippen LogP contribution >= 0.6 is 23.2 Å². The van der Waals surface area contributed by atoms with Crippen molar-refractivity contribution in [1.29, 1.82) is 0 Å². The Kier molecular flexibility index (Phi) is 4.89. The standard InChI is InChI=1S/C14H15Cl2NO3/c15-11-2-1-3-12(16)10(11)8-13(18)17-6-4-9(5-7-17)14(19)20/h1-3,9H,4-8H2,(H,19,20). The highest BCUT2D eigenvalue weighted by molar-refractivity contribution is 6.36. The van der Waals surface area contributed by atoms with Crippen molar-refractivity contribution in [2.75, 3.05) is 13.1 Å². The minimum absolute atomic E-state index is 0.0659. The largest absolute Gasteiger partial charge is 0.481 e. The van der Waals surface area contributed by atoms with Gasteiger partial charge in [0.25, 0.3) is 0 Å². The Labute approximate surface area is 127 Å². The zero-order valence-corrected chi connectivity index (χ0v) is 12.3. The van der Waals surface area contributed by atoms with Crippen LogP contribution in [0.5, 0.6) is 0 Å². The fourth-order valence-electron chi connectivity index (χ4n) is 2.34. The van der Waals surface area contributed by atoms with Crippen molar-refractivity contribution in [3.8, 4) is 0 Å². The minimum Gasteiger partial charge on any atom is -0.481 e. The Bertz CT molecular complexity index is 505. The van der Waals surface area contributed by atoms with Crippen LogP contribution in [0.2, 0.25) is 10.0 Å². The molecule has 1 heterocycles. The fourth-order valence-corrected chi connectivity index (χ4v) is 2.87. The lowest BCUT2D eigenvalue weighted by Gasteiger charge is -2.30. The van der Waals surface area contributed by atoms with Gasteiger partial charge in [-0.15, -0.1) is 0 Å². The van der Waals surface area contributed by atoms with Gasteiger partial charge in [0, 0.05) is 23.1 Å². The average molecular weight is 316 g/mol. The Hall–Kier alpha value is -1.26. The summed E-state index contributed by atoms with van der Waals surface area (Å²) < 4.78 is 0. The van der Waals surface area contributed by atoms with Gasteiger partial charge in [-0.05, 0) is 30.5 Å². The van der Waals surface area contributed by atoms with Crippen molar-refractivity contribution in [1.82, 2.24) is 4.90 Å². The molecule has 0 bridgehead atoms. The third kappa shape index (κ3) is 3.44. The monoisotopic (exact) mass is 315 g/mol. The molecule has 1 aromatic carbocycles. The number of hydrogen-bond acceptors (Lipinski definition) is 2. The Morgan fingerprint density at radius 3 is 2.25 bits per heavy atom. The molecular formula is C14H15Cl2NO3. The molecule has 6 heteroatoms. The molecule has 1 saturated heterocycles. The van der Waals surface area contributed by atoms with Gasteiger partial charge in [0.2, 0.25) is 5.91 Å². The van der Waals surface area contributed by atoms with Crippen molar-refractivity contribution in [2.24, 2.45) is 5.92 Å². The van der Waals surface area contributed by atoms with E-state index in [0.29, 0.717) is 41.5 Å². The SMILES string of the molecule is O=C(O)C1CCN(C(=O)Cc2c(Cl)cccc2Cl)CC1. The highest BCUT2D eigenvalue weighted by Crippen LogP contribution is 2.26. The van der Waals surface area contributed by atoms with E-state index in [0.717, 1.165) is 0 Å². The molecule has 0 spiro atoms. The van der Waals surface area contributed by atoms with Crippen LogP contribution in [0.4, 0.5) is 0 Å². The van der Waals surface area contributed by atoms with E-state index in [4.69, 9.17) is 28.3 Å². The van der Waals surface area contributed by atoms with Crippen LogP contribution in [0.1, 0.15) is 18.4 Å². The van der Waals surface area contributed by atoms with Crippen molar-refractivity contribution < 1.29 is 14.7 Å². The maximum atomic E-state index is 12.2. The van der Waals surface area contributed by atoms with Crippen molar-refractivity contribution in [3.63, 3.8) is 0 Å². The molecule has 1 aromatic rings. The summed E-state index contributed by atoms with van der Waals surface area (Å²) in [7, 11) is 0. The zero-order valence-electron chi connectivity index (χ0n) is 10.8. The third-order valence-corrected chi connectivity index (χ3v) is 4.29. The highest BCUT2D eigenvalue weighted by atomic mass is 35.5. The molecule has 1 aliphatic rings. The van der Waals surface area contributed by atoms with Crippen LogP contribution < -0.4 is 0 Å². The highest BCUT2D eigenvalue weighted by Gasteiger charge is 2.27. The first-order chi connectivity index (χ1) is 9.49. The number of carboxylic acid groups (broad SMARTS) is 1. The number of rotatable bonds is 3. The van der Waals surface area contributed by atoms with E-state index < -0.39 is 5.97 Å². The Morgan fingerprint density at radius 1 is 1.20 bits per heavy atom. The zero-order chi connectivity index (χ0) is 14.7. The van der Waals surface area contributed by atoms with Crippen molar-refractivity contribution in [3.05, 3.63) is 33.8 Å². The molecule has 20 heavy (non-hydrogen) atoms. The van der Waals surface area contributed by atoms with Gasteiger partial charge in [-0.3, -0.25) is 9.59 Å². The summed E-state index contributed by atoms with van der Waals surface area (Å²) in [6.45, 7) is 0.940. The second kappa shape index (κ2) is 6.46. The number of aliphatic carboxylic acids is 1. The van der Waals surface area contributed by atoms with Crippen LogP contribution in [-0.2, 0) is 16.0 Å². The summed E-state index contributed by atoms with van der Waals surface area (Å²) in [5, 5.41) is 9.89. The lowest BCUT2D eigenvalue weighted by atomic mass is 9.96. The summed E-state index contributed by atoms with van der Waals surface area (Å²) in [5.74, 6) is -1.20. The molecule has 0 atom stereocenters. The first kappa shape index (κ1) is 15.1. The topological polar surface area (TPSA) is 57.6 Å². The lowest BCUT2D eigenvalue weighted by Crippen LogP contribution is -2.41. The second-order valence-electron chi connectivity index (χ2n) is 4.87. The molecule has 1 N–H and O–H groups in total. The van der Waals surface area contributed by atoms with Gasteiger partial charge in [0.1, 0.15) is 0 Å². The number of carbonyl (C=O) groups excluding carboxylic acids is 1.